The molecule has 78 valence electrons. The molecule has 1 N–H and O–H groups in total. The molecular weight excluding hydrogens is 197 g/mol. The van der Waals surface area contributed by atoms with E-state index >= 15 is 0 Å². The lowest BCUT2D eigenvalue weighted by Crippen LogP contribution is -2.21. The second-order valence-electron chi connectivity index (χ2n) is 3.01. The second-order valence-corrected chi connectivity index (χ2v) is 3.01. The molecule has 1 aromatic rings. The molecule has 0 aliphatic rings. The number of alkyl halides is 3. The predicted molar refractivity (Wildman–Crippen MR) is 44.1 cm³/mol. The summed E-state index contributed by atoms with van der Waals surface area (Å²) >= 11 is 0. The van der Waals surface area contributed by atoms with Crippen LogP contribution in [0, 0.1) is 13.8 Å². The third-order valence-corrected chi connectivity index (χ3v) is 1.81. The molecule has 0 bridgehead atoms. The SMILES string of the molecule is Cc1nc(CC(F)(F)F)[nH]c(=O)c1C. The van der Waals surface area contributed by atoms with Gasteiger partial charge < -0.3 is 4.98 Å². The van der Waals surface area contributed by atoms with Crippen molar-refractivity contribution in [2.45, 2.75) is 26.4 Å². The second kappa shape index (κ2) is 3.43. The lowest BCUT2D eigenvalue weighted by atomic mass is 10.2. The van der Waals surface area contributed by atoms with Gasteiger partial charge in [-0.2, -0.15) is 13.2 Å². The molecule has 0 spiro atoms. The summed E-state index contributed by atoms with van der Waals surface area (Å²) in [7, 11) is 0. The van der Waals surface area contributed by atoms with Gasteiger partial charge in [0.25, 0.3) is 5.56 Å². The van der Waals surface area contributed by atoms with Crippen molar-refractivity contribution in [2.75, 3.05) is 0 Å². The summed E-state index contributed by atoms with van der Waals surface area (Å²) in [6.07, 6.45) is -5.55. The number of halogens is 3. The Morgan fingerprint density at radius 1 is 1.36 bits per heavy atom. The summed E-state index contributed by atoms with van der Waals surface area (Å²) in [5, 5.41) is 0. The molecule has 0 saturated heterocycles. The number of nitrogens with zero attached hydrogens (tertiary/aromatic N) is 1. The van der Waals surface area contributed by atoms with Gasteiger partial charge in [0.2, 0.25) is 0 Å². The van der Waals surface area contributed by atoms with Crippen molar-refractivity contribution < 1.29 is 13.2 Å². The number of hydrogen-bond donors (Lipinski definition) is 1. The van der Waals surface area contributed by atoms with Crippen molar-refractivity contribution >= 4 is 0 Å². The van der Waals surface area contributed by atoms with Gasteiger partial charge >= 0.3 is 6.18 Å². The third kappa shape index (κ3) is 2.58. The molecule has 1 rings (SSSR count). The quantitative estimate of drug-likeness (QED) is 0.756. The van der Waals surface area contributed by atoms with E-state index in [2.05, 4.69) is 9.97 Å². The minimum Gasteiger partial charge on any atom is -0.310 e. The minimum absolute atomic E-state index is 0.327. The van der Waals surface area contributed by atoms with Crippen LogP contribution >= 0.6 is 0 Å². The number of rotatable bonds is 1. The summed E-state index contributed by atoms with van der Waals surface area (Å²) in [6, 6.07) is 0. The first-order valence-electron chi connectivity index (χ1n) is 3.93. The van der Waals surface area contributed by atoms with E-state index in [1.54, 1.807) is 0 Å². The molecule has 6 heteroatoms. The monoisotopic (exact) mass is 206 g/mol. The Kier molecular flexibility index (Phi) is 2.64. The van der Waals surface area contributed by atoms with E-state index in [0.29, 0.717) is 11.3 Å². The Morgan fingerprint density at radius 3 is 2.36 bits per heavy atom. The van der Waals surface area contributed by atoms with E-state index in [0.717, 1.165) is 0 Å². The van der Waals surface area contributed by atoms with Gasteiger partial charge in [0.05, 0.1) is 0 Å². The van der Waals surface area contributed by atoms with Crippen LogP contribution in [0.3, 0.4) is 0 Å². The Labute approximate surface area is 78.0 Å². The topological polar surface area (TPSA) is 45.8 Å². The van der Waals surface area contributed by atoms with Crippen molar-refractivity contribution in [1.82, 2.24) is 9.97 Å². The molecule has 14 heavy (non-hydrogen) atoms. The van der Waals surface area contributed by atoms with Gasteiger partial charge in [0.1, 0.15) is 12.2 Å². The molecular formula is C8H9F3N2O. The van der Waals surface area contributed by atoms with Crippen molar-refractivity contribution in [3.05, 3.63) is 27.4 Å². The smallest absolute Gasteiger partial charge is 0.310 e. The normalized spacial score (nSPS) is 11.8. The highest BCUT2D eigenvalue weighted by atomic mass is 19.4. The van der Waals surface area contributed by atoms with Crippen LogP contribution in [-0.2, 0) is 6.42 Å². The maximum atomic E-state index is 11.9. The standard InChI is InChI=1S/C8H9F3N2O/c1-4-5(2)12-6(13-7(4)14)3-8(9,10)11/h3H2,1-2H3,(H,12,13,14). The lowest BCUT2D eigenvalue weighted by Gasteiger charge is -2.06. The molecule has 1 aromatic heterocycles. The number of hydrogen-bond acceptors (Lipinski definition) is 2. The first-order valence-corrected chi connectivity index (χ1v) is 3.93. The van der Waals surface area contributed by atoms with Gasteiger partial charge in [0, 0.05) is 11.3 Å². The summed E-state index contributed by atoms with van der Waals surface area (Å²) in [5.74, 6) is -0.342. The number of aromatic nitrogens is 2. The molecule has 1 heterocycles. The molecule has 3 nitrogen and oxygen atoms in total. The molecule has 0 fully saturated rings. The fourth-order valence-electron chi connectivity index (χ4n) is 0.977. The maximum Gasteiger partial charge on any atom is 0.396 e. The number of nitrogens with one attached hydrogen (secondary N) is 1. The molecule has 0 amide bonds. The predicted octanol–water partition coefficient (Wildman–Crippen LogP) is 1.49. The summed E-state index contributed by atoms with van der Waals surface area (Å²) in [4.78, 5) is 16.8. The van der Waals surface area contributed by atoms with E-state index in [1.165, 1.54) is 13.8 Å². The Hall–Kier alpha value is -1.33. The first-order chi connectivity index (χ1) is 6.29. The van der Waals surface area contributed by atoms with Crippen molar-refractivity contribution in [3.63, 3.8) is 0 Å². The molecule has 0 aliphatic heterocycles. The van der Waals surface area contributed by atoms with E-state index in [4.69, 9.17) is 0 Å². The van der Waals surface area contributed by atoms with Gasteiger partial charge in [-0.05, 0) is 13.8 Å². The maximum absolute atomic E-state index is 11.9. The molecule has 0 aromatic carbocycles. The average Bonchev–Trinajstić information content (AvgIpc) is 1.96. The molecule has 0 unspecified atom stereocenters. The lowest BCUT2D eigenvalue weighted by molar-refractivity contribution is -0.128. The van der Waals surface area contributed by atoms with Crippen LogP contribution in [0.15, 0.2) is 4.79 Å². The fraction of sp³-hybridized carbons (Fsp3) is 0.500. The van der Waals surface area contributed by atoms with E-state index in [1.807, 2.05) is 0 Å². The molecule has 0 aliphatic carbocycles. The van der Waals surface area contributed by atoms with Crippen LogP contribution in [0.5, 0.6) is 0 Å². The summed E-state index contributed by atoms with van der Waals surface area (Å²) in [6.45, 7) is 3.02. The number of H-pyrrole nitrogens is 1. The minimum atomic E-state index is -4.35. The van der Waals surface area contributed by atoms with Gasteiger partial charge in [0.15, 0.2) is 0 Å². The number of aryl methyl sites for hydroxylation is 1. The van der Waals surface area contributed by atoms with Crippen molar-refractivity contribution in [3.8, 4) is 0 Å². The Balaban J connectivity index is 3.08. The largest absolute Gasteiger partial charge is 0.396 e. The first kappa shape index (κ1) is 10.7. The highest BCUT2D eigenvalue weighted by Gasteiger charge is 2.29. The van der Waals surface area contributed by atoms with Crippen LogP contribution in [0.1, 0.15) is 17.1 Å². The average molecular weight is 206 g/mol. The van der Waals surface area contributed by atoms with Crippen LogP contribution in [-0.4, -0.2) is 16.1 Å². The van der Waals surface area contributed by atoms with Crippen molar-refractivity contribution in [2.24, 2.45) is 0 Å². The van der Waals surface area contributed by atoms with Crippen molar-refractivity contribution in [1.29, 1.82) is 0 Å². The van der Waals surface area contributed by atoms with E-state index in [-0.39, 0.29) is 5.82 Å². The molecule has 0 atom stereocenters. The van der Waals surface area contributed by atoms with Crippen LogP contribution in [0.4, 0.5) is 13.2 Å². The van der Waals surface area contributed by atoms with Gasteiger partial charge in [-0.15, -0.1) is 0 Å². The fourth-order valence-corrected chi connectivity index (χ4v) is 0.977. The van der Waals surface area contributed by atoms with Crippen LogP contribution in [0.25, 0.3) is 0 Å². The Morgan fingerprint density at radius 2 is 1.93 bits per heavy atom. The highest BCUT2D eigenvalue weighted by Crippen LogP contribution is 2.18. The third-order valence-electron chi connectivity index (χ3n) is 1.81. The van der Waals surface area contributed by atoms with Gasteiger partial charge in [-0.3, -0.25) is 4.79 Å². The zero-order valence-electron chi connectivity index (χ0n) is 7.70. The van der Waals surface area contributed by atoms with Gasteiger partial charge in [-0.25, -0.2) is 4.98 Å². The molecule has 0 saturated carbocycles. The zero-order valence-corrected chi connectivity index (χ0v) is 7.70. The number of aromatic amines is 1. The van der Waals surface area contributed by atoms with E-state index < -0.39 is 18.2 Å². The van der Waals surface area contributed by atoms with Gasteiger partial charge in [-0.1, -0.05) is 0 Å². The summed E-state index contributed by atoms with van der Waals surface area (Å²) in [5.41, 5.74) is 0.153. The zero-order chi connectivity index (χ0) is 10.9. The Bertz CT molecular complexity index is 395. The highest BCUT2D eigenvalue weighted by molar-refractivity contribution is 5.14. The van der Waals surface area contributed by atoms with E-state index in [9.17, 15) is 18.0 Å². The molecule has 0 radical (unpaired) electrons. The van der Waals surface area contributed by atoms with Crippen LogP contribution in [0.2, 0.25) is 0 Å². The summed E-state index contributed by atoms with van der Waals surface area (Å²) < 4.78 is 35.8. The van der Waals surface area contributed by atoms with Crippen LogP contribution < -0.4 is 5.56 Å².